The van der Waals surface area contributed by atoms with E-state index in [9.17, 15) is 14.4 Å². The van der Waals surface area contributed by atoms with E-state index < -0.39 is 12.0 Å². The molecular formula is C19H26N2O5. The molecule has 0 saturated carbocycles. The van der Waals surface area contributed by atoms with Crippen LogP contribution in [0.3, 0.4) is 0 Å². The molecule has 7 heteroatoms. The number of amides is 2. The van der Waals surface area contributed by atoms with Gasteiger partial charge in [0.05, 0.1) is 25.0 Å². The number of likely N-dealkylation sites (tertiary alicyclic amines) is 1. The molecule has 1 saturated heterocycles. The molecular weight excluding hydrogens is 336 g/mol. The number of carboxylic acids is 1. The van der Waals surface area contributed by atoms with Crippen LogP contribution in [-0.4, -0.2) is 47.5 Å². The first-order valence-electron chi connectivity index (χ1n) is 8.91. The summed E-state index contributed by atoms with van der Waals surface area (Å²) in [5.74, 6) is -0.869. The summed E-state index contributed by atoms with van der Waals surface area (Å²) in [6, 6.07) is 6.86. The Hall–Kier alpha value is -2.57. The van der Waals surface area contributed by atoms with E-state index in [0.29, 0.717) is 38.3 Å². The standard InChI is InChI=1S/C19H26N2O5/c1-3-26-17-7-5-4-6-15(17)16(20-13(2)22)12-18(23)21-10-8-14(9-11-21)19(24)25/h4-7,14,16H,3,8-12H2,1-2H3,(H,20,22)(H,24,25). The summed E-state index contributed by atoms with van der Waals surface area (Å²) < 4.78 is 5.63. The minimum Gasteiger partial charge on any atom is -0.494 e. The highest BCUT2D eigenvalue weighted by Crippen LogP contribution is 2.28. The number of hydrogen-bond acceptors (Lipinski definition) is 4. The molecule has 2 amide bonds. The molecule has 1 heterocycles. The number of ether oxygens (including phenoxy) is 1. The number of hydrogen-bond donors (Lipinski definition) is 2. The van der Waals surface area contributed by atoms with Crippen molar-refractivity contribution in [3.63, 3.8) is 0 Å². The Labute approximate surface area is 153 Å². The predicted molar refractivity (Wildman–Crippen MR) is 95.7 cm³/mol. The summed E-state index contributed by atoms with van der Waals surface area (Å²) in [5.41, 5.74) is 0.762. The first kappa shape index (κ1) is 19.8. The summed E-state index contributed by atoms with van der Waals surface area (Å²) >= 11 is 0. The number of nitrogens with one attached hydrogen (secondary N) is 1. The van der Waals surface area contributed by atoms with Crippen molar-refractivity contribution in [1.29, 1.82) is 0 Å². The van der Waals surface area contributed by atoms with Gasteiger partial charge in [0.1, 0.15) is 5.75 Å². The SMILES string of the molecule is CCOc1ccccc1C(CC(=O)N1CCC(C(=O)O)CC1)NC(C)=O. The fourth-order valence-corrected chi connectivity index (χ4v) is 3.22. The van der Waals surface area contributed by atoms with E-state index in [1.165, 1.54) is 6.92 Å². The van der Waals surface area contributed by atoms with Crippen LogP contribution in [0.25, 0.3) is 0 Å². The maximum Gasteiger partial charge on any atom is 0.306 e. The van der Waals surface area contributed by atoms with Crippen LogP contribution < -0.4 is 10.1 Å². The molecule has 1 atom stereocenters. The van der Waals surface area contributed by atoms with Gasteiger partial charge in [-0.1, -0.05) is 18.2 Å². The lowest BCUT2D eigenvalue weighted by atomic mass is 9.96. The van der Waals surface area contributed by atoms with Gasteiger partial charge in [-0.3, -0.25) is 14.4 Å². The summed E-state index contributed by atoms with van der Waals surface area (Å²) in [4.78, 5) is 37.1. The zero-order valence-electron chi connectivity index (χ0n) is 15.2. The van der Waals surface area contributed by atoms with E-state index in [1.807, 2.05) is 31.2 Å². The highest BCUT2D eigenvalue weighted by molar-refractivity contribution is 5.80. The van der Waals surface area contributed by atoms with Gasteiger partial charge in [-0.05, 0) is 25.8 Å². The molecule has 26 heavy (non-hydrogen) atoms. The van der Waals surface area contributed by atoms with Gasteiger partial charge in [0.2, 0.25) is 11.8 Å². The lowest BCUT2D eigenvalue weighted by molar-refractivity contribution is -0.146. The number of rotatable bonds is 7. The third-order valence-electron chi connectivity index (χ3n) is 4.55. The fourth-order valence-electron chi connectivity index (χ4n) is 3.22. The van der Waals surface area contributed by atoms with Crippen molar-refractivity contribution in [3.05, 3.63) is 29.8 Å². The van der Waals surface area contributed by atoms with E-state index in [4.69, 9.17) is 9.84 Å². The molecule has 142 valence electrons. The van der Waals surface area contributed by atoms with Crippen LogP contribution in [0.4, 0.5) is 0 Å². The molecule has 1 aromatic carbocycles. The molecule has 2 N–H and O–H groups in total. The van der Waals surface area contributed by atoms with E-state index in [1.54, 1.807) is 4.90 Å². The van der Waals surface area contributed by atoms with E-state index in [2.05, 4.69) is 5.32 Å². The number of carbonyl (C=O) groups excluding carboxylic acids is 2. The average molecular weight is 362 g/mol. The normalized spacial score (nSPS) is 16.0. The second-order valence-electron chi connectivity index (χ2n) is 6.42. The Morgan fingerprint density at radius 3 is 2.50 bits per heavy atom. The highest BCUT2D eigenvalue weighted by atomic mass is 16.5. The van der Waals surface area contributed by atoms with Gasteiger partial charge >= 0.3 is 5.97 Å². The average Bonchev–Trinajstić information content (AvgIpc) is 2.61. The number of benzene rings is 1. The topological polar surface area (TPSA) is 95.9 Å². The lowest BCUT2D eigenvalue weighted by Gasteiger charge is -2.31. The Morgan fingerprint density at radius 1 is 1.27 bits per heavy atom. The molecule has 1 aromatic rings. The van der Waals surface area contributed by atoms with Crippen LogP contribution >= 0.6 is 0 Å². The van der Waals surface area contributed by atoms with Crippen LogP contribution in [0.1, 0.15) is 44.7 Å². The molecule has 1 fully saturated rings. The largest absolute Gasteiger partial charge is 0.494 e. The van der Waals surface area contributed by atoms with Gasteiger partial charge in [-0.25, -0.2) is 0 Å². The summed E-state index contributed by atoms with van der Waals surface area (Å²) in [7, 11) is 0. The van der Waals surface area contributed by atoms with Crippen LogP contribution in [0.15, 0.2) is 24.3 Å². The monoisotopic (exact) mass is 362 g/mol. The minimum absolute atomic E-state index is 0.0982. The van der Waals surface area contributed by atoms with Gasteiger partial charge in [-0.2, -0.15) is 0 Å². The van der Waals surface area contributed by atoms with Crippen LogP contribution in [0.2, 0.25) is 0 Å². The summed E-state index contributed by atoms with van der Waals surface area (Å²) in [5, 5.41) is 11.9. The Balaban J connectivity index is 2.10. The van der Waals surface area contributed by atoms with Crippen molar-refractivity contribution in [2.45, 2.75) is 39.2 Å². The maximum atomic E-state index is 12.7. The third kappa shape index (κ3) is 5.21. The number of carboxylic acid groups (broad SMARTS) is 1. The van der Waals surface area contributed by atoms with E-state index in [-0.39, 0.29) is 24.2 Å². The molecule has 1 unspecified atom stereocenters. The zero-order valence-corrected chi connectivity index (χ0v) is 15.2. The Kier molecular flexibility index (Phi) is 7.00. The Bertz CT molecular complexity index is 653. The third-order valence-corrected chi connectivity index (χ3v) is 4.55. The van der Waals surface area contributed by atoms with Crippen molar-refractivity contribution in [2.75, 3.05) is 19.7 Å². The van der Waals surface area contributed by atoms with Gasteiger partial charge in [0.15, 0.2) is 0 Å². The first-order chi connectivity index (χ1) is 12.4. The molecule has 0 spiro atoms. The van der Waals surface area contributed by atoms with Crippen molar-refractivity contribution in [2.24, 2.45) is 5.92 Å². The number of nitrogens with zero attached hydrogens (tertiary/aromatic N) is 1. The van der Waals surface area contributed by atoms with Crippen LogP contribution in [-0.2, 0) is 14.4 Å². The number of aliphatic carboxylic acids is 1. The zero-order chi connectivity index (χ0) is 19.1. The molecule has 0 radical (unpaired) electrons. The smallest absolute Gasteiger partial charge is 0.306 e. The van der Waals surface area contributed by atoms with Crippen molar-refractivity contribution >= 4 is 17.8 Å². The van der Waals surface area contributed by atoms with E-state index in [0.717, 1.165) is 5.56 Å². The Morgan fingerprint density at radius 2 is 1.92 bits per heavy atom. The highest BCUT2D eigenvalue weighted by Gasteiger charge is 2.29. The van der Waals surface area contributed by atoms with Crippen molar-refractivity contribution in [1.82, 2.24) is 10.2 Å². The molecule has 1 aliphatic rings. The molecule has 0 bridgehead atoms. The van der Waals surface area contributed by atoms with Gasteiger partial charge in [0, 0.05) is 25.6 Å². The molecule has 0 aromatic heterocycles. The maximum absolute atomic E-state index is 12.7. The molecule has 2 rings (SSSR count). The van der Waals surface area contributed by atoms with Gasteiger partial charge in [0.25, 0.3) is 0 Å². The first-order valence-corrected chi connectivity index (χ1v) is 8.91. The van der Waals surface area contributed by atoms with Crippen molar-refractivity contribution in [3.8, 4) is 5.75 Å². The summed E-state index contributed by atoms with van der Waals surface area (Å²) in [6.45, 7) is 4.63. The van der Waals surface area contributed by atoms with Crippen LogP contribution in [0.5, 0.6) is 5.75 Å². The molecule has 0 aliphatic carbocycles. The second kappa shape index (κ2) is 9.22. The number of para-hydroxylation sites is 1. The second-order valence-corrected chi connectivity index (χ2v) is 6.42. The fraction of sp³-hybridized carbons (Fsp3) is 0.526. The quantitative estimate of drug-likeness (QED) is 0.773. The van der Waals surface area contributed by atoms with E-state index >= 15 is 0 Å². The minimum atomic E-state index is -0.807. The van der Waals surface area contributed by atoms with Gasteiger partial charge < -0.3 is 20.1 Å². The predicted octanol–water partition coefficient (Wildman–Crippen LogP) is 1.98. The molecule has 1 aliphatic heterocycles. The number of piperidine rings is 1. The lowest BCUT2D eigenvalue weighted by Crippen LogP contribution is -2.42. The van der Waals surface area contributed by atoms with Crippen molar-refractivity contribution < 1.29 is 24.2 Å². The summed E-state index contributed by atoms with van der Waals surface area (Å²) in [6.07, 6.45) is 1.03. The van der Waals surface area contributed by atoms with Gasteiger partial charge in [-0.15, -0.1) is 0 Å². The molecule has 7 nitrogen and oxygen atoms in total. The van der Waals surface area contributed by atoms with Crippen LogP contribution in [0, 0.1) is 5.92 Å². The number of carbonyl (C=O) groups is 3.